The van der Waals surface area contributed by atoms with E-state index in [1.807, 2.05) is 27.7 Å². The van der Waals surface area contributed by atoms with E-state index in [0.29, 0.717) is 24.9 Å². The largest absolute Gasteiger partial charge is 0.344 e. The first-order valence-corrected chi connectivity index (χ1v) is 5.31. The van der Waals surface area contributed by atoms with Crippen molar-refractivity contribution in [3.63, 3.8) is 0 Å². The molecule has 0 radical (unpaired) electrons. The molecule has 86 valence electrons. The van der Waals surface area contributed by atoms with E-state index >= 15 is 0 Å². The van der Waals surface area contributed by atoms with Crippen LogP contribution in [-0.4, -0.2) is 14.3 Å². The Morgan fingerprint density at radius 1 is 0.933 bits per heavy atom. The number of rotatable bonds is 4. The van der Waals surface area contributed by atoms with Crippen molar-refractivity contribution in [2.45, 2.75) is 40.8 Å². The fraction of sp³-hybridized carbons (Fsp3) is 0.800. The van der Waals surface area contributed by atoms with Gasteiger partial charge in [0.2, 0.25) is 0 Å². The maximum atomic E-state index is 11.5. The minimum absolute atomic E-state index is 0.311. The quantitative estimate of drug-likeness (QED) is 0.798. The molecule has 0 aromatic carbocycles. The van der Waals surface area contributed by atoms with E-state index < -0.39 is 0 Å². The third-order valence-corrected chi connectivity index (χ3v) is 2.05. The Labute approximate surface area is 88.7 Å². The Balaban J connectivity index is 3.11. The summed E-state index contributed by atoms with van der Waals surface area (Å²) in [6, 6.07) is 0. The van der Waals surface area contributed by atoms with Gasteiger partial charge >= 0.3 is 11.4 Å². The summed E-state index contributed by atoms with van der Waals surface area (Å²) in [5.74, 6) is 0.688. The van der Waals surface area contributed by atoms with Gasteiger partial charge in [0.15, 0.2) is 0 Å². The maximum absolute atomic E-state index is 11.5. The van der Waals surface area contributed by atoms with Crippen LogP contribution in [0.4, 0.5) is 0 Å². The van der Waals surface area contributed by atoms with Gasteiger partial charge in [0.25, 0.3) is 0 Å². The highest BCUT2D eigenvalue weighted by Crippen LogP contribution is 1.98. The van der Waals surface area contributed by atoms with E-state index in [2.05, 4.69) is 4.98 Å². The average Bonchev–Trinajstić information content (AvgIpc) is 2.30. The molecule has 0 saturated carbocycles. The van der Waals surface area contributed by atoms with Gasteiger partial charge in [0.05, 0.1) is 0 Å². The lowest BCUT2D eigenvalue weighted by Gasteiger charge is -2.12. The molecular weight excluding hydrogens is 194 g/mol. The molecular formula is C10H19N3O2. The van der Waals surface area contributed by atoms with Gasteiger partial charge in [-0.15, -0.1) is 0 Å². The summed E-state index contributed by atoms with van der Waals surface area (Å²) >= 11 is 0. The maximum Gasteiger partial charge on any atom is 0.344 e. The van der Waals surface area contributed by atoms with Crippen LogP contribution in [0.25, 0.3) is 0 Å². The molecule has 0 saturated heterocycles. The van der Waals surface area contributed by atoms with Crippen LogP contribution in [-0.2, 0) is 13.1 Å². The average molecular weight is 213 g/mol. The first-order valence-electron chi connectivity index (χ1n) is 5.31. The smallest absolute Gasteiger partial charge is 0.257 e. The lowest BCUT2D eigenvalue weighted by Crippen LogP contribution is -2.30. The fourth-order valence-electron chi connectivity index (χ4n) is 1.49. The SMILES string of the molecule is CC(C)Cn1c(=O)[nH]c(=O)n1CC(C)C. The van der Waals surface area contributed by atoms with Gasteiger partial charge in [0, 0.05) is 13.1 Å². The van der Waals surface area contributed by atoms with Gasteiger partial charge in [0.1, 0.15) is 0 Å². The minimum atomic E-state index is -0.311. The first-order chi connectivity index (χ1) is 6.91. The molecule has 0 spiro atoms. The summed E-state index contributed by atoms with van der Waals surface area (Å²) in [6.45, 7) is 9.22. The van der Waals surface area contributed by atoms with E-state index in [9.17, 15) is 9.59 Å². The number of H-pyrrole nitrogens is 1. The molecule has 1 aromatic heterocycles. The molecule has 0 atom stereocenters. The van der Waals surface area contributed by atoms with Gasteiger partial charge in [-0.1, -0.05) is 27.7 Å². The highest BCUT2D eigenvalue weighted by atomic mass is 16.2. The molecule has 0 aliphatic carbocycles. The third-order valence-electron chi connectivity index (χ3n) is 2.05. The van der Waals surface area contributed by atoms with Crippen molar-refractivity contribution in [1.29, 1.82) is 0 Å². The lowest BCUT2D eigenvalue weighted by atomic mass is 10.2. The fourth-order valence-corrected chi connectivity index (χ4v) is 1.49. The summed E-state index contributed by atoms with van der Waals surface area (Å²) in [5, 5.41) is 0. The van der Waals surface area contributed by atoms with Crippen molar-refractivity contribution in [2.75, 3.05) is 0 Å². The molecule has 5 heteroatoms. The molecule has 1 N–H and O–H groups in total. The molecule has 0 aliphatic rings. The Hall–Kier alpha value is -1.26. The predicted molar refractivity (Wildman–Crippen MR) is 59.0 cm³/mol. The van der Waals surface area contributed by atoms with Crippen molar-refractivity contribution >= 4 is 0 Å². The van der Waals surface area contributed by atoms with Crippen molar-refractivity contribution in [2.24, 2.45) is 11.8 Å². The van der Waals surface area contributed by atoms with E-state index in [-0.39, 0.29) is 11.4 Å². The van der Waals surface area contributed by atoms with E-state index in [4.69, 9.17) is 0 Å². The predicted octanol–water partition coefficient (Wildman–Crippen LogP) is 0.650. The molecule has 0 fully saturated rings. The number of aromatic amines is 1. The molecule has 1 rings (SSSR count). The van der Waals surface area contributed by atoms with Gasteiger partial charge in [-0.3, -0.25) is 4.98 Å². The van der Waals surface area contributed by atoms with Crippen molar-refractivity contribution in [3.8, 4) is 0 Å². The summed E-state index contributed by atoms with van der Waals surface area (Å²) in [5.41, 5.74) is -0.622. The van der Waals surface area contributed by atoms with Crippen molar-refractivity contribution in [3.05, 3.63) is 21.0 Å². The van der Waals surface area contributed by atoms with Crippen LogP contribution < -0.4 is 11.4 Å². The van der Waals surface area contributed by atoms with Crippen LogP contribution in [0, 0.1) is 11.8 Å². The van der Waals surface area contributed by atoms with Crippen LogP contribution in [0.3, 0.4) is 0 Å². The van der Waals surface area contributed by atoms with Crippen LogP contribution >= 0.6 is 0 Å². The molecule has 0 unspecified atom stereocenters. The number of aromatic nitrogens is 3. The normalized spacial score (nSPS) is 11.6. The van der Waals surface area contributed by atoms with Crippen LogP contribution in [0.1, 0.15) is 27.7 Å². The molecule has 0 aliphatic heterocycles. The molecule has 5 nitrogen and oxygen atoms in total. The summed E-state index contributed by atoms with van der Waals surface area (Å²) in [7, 11) is 0. The number of hydrogen-bond acceptors (Lipinski definition) is 2. The summed E-state index contributed by atoms with van der Waals surface area (Å²) < 4.78 is 2.99. The molecule has 1 aromatic rings. The zero-order chi connectivity index (χ0) is 11.6. The number of nitrogens with zero attached hydrogens (tertiary/aromatic N) is 2. The number of nitrogens with one attached hydrogen (secondary N) is 1. The van der Waals surface area contributed by atoms with Gasteiger partial charge < -0.3 is 0 Å². The van der Waals surface area contributed by atoms with Gasteiger partial charge in [-0.05, 0) is 11.8 Å². The second-order valence-electron chi connectivity index (χ2n) is 4.69. The van der Waals surface area contributed by atoms with E-state index in [0.717, 1.165) is 0 Å². The summed E-state index contributed by atoms with van der Waals surface area (Å²) in [4.78, 5) is 25.2. The van der Waals surface area contributed by atoms with E-state index in [1.165, 1.54) is 9.36 Å². The third kappa shape index (κ3) is 2.84. The van der Waals surface area contributed by atoms with Crippen LogP contribution in [0.5, 0.6) is 0 Å². The topological polar surface area (TPSA) is 59.8 Å². The standard InChI is InChI=1S/C10H19N3O2/c1-7(2)5-12-9(14)11-10(15)13(12)6-8(3)4/h7-8H,5-6H2,1-4H3,(H,11,14,15). The lowest BCUT2D eigenvalue weighted by molar-refractivity contribution is 0.348. The Bertz CT molecular complexity index is 384. The molecule has 0 amide bonds. The highest BCUT2D eigenvalue weighted by Gasteiger charge is 2.11. The highest BCUT2D eigenvalue weighted by molar-refractivity contribution is 4.69. The summed E-state index contributed by atoms with van der Waals surface area (Å²) in [6.07, 6.45) is 0. The zero-order valence-electron chi connectivity index (χ0n) is 9.78. The van der Waals surface area contributed by atoms with Crippen molar-refractivity contribution in [1.82, 2.24) is 14.3 Å². The number of hydrogen-bond donors (Lipinski definition) is 1. The molecule has 15 heavy (non-hydrogen) atoms. The van der Waals surface area contributed by atoms with Gasteiger partial charge in [-0.2, -0.15) is 0 Å². The van der Waals surface area contributed by atoms with Crippen molar-refractivity contribution < 1.29 is 0 Å². The van der Waals surface area contributed by atoms with Crippen LogP contribution in [0.15, 0.2) is 9.59 Å². The molecule has 1 heterocycles. The van der Waals surface area contributed by atoms with Gasteiger partial charge in [-0.25, -0.2) is 19.0 Å². The Morgan fingerprint density at radius 2 is 1.27 bits per heavy atom. The van der Waals surface area contributed by atoms with Crippen LogP contribution in [0.2, 0.25) is 0 Å². The Kier molecular flexibility index (Phi) is 3.55. The molecule has 0 bridgehead atoms. The second-order valence-corrected chi connectivity index (χ2v) is 4.69. The monoisotopic (exact) mass is 213 g/mol. The second kappa shape index (κ2) is 4.51. The van der Waals surface area contributed by atoms with E-state index in [1.54, 1.807) is 0 Å². The minimum Gasteiger partial charge on any atom is -0.257 e. The first kappa shape index (κ1) is 11.8. The Morgan fingerprint density at radius 3 is 1.53 bits per heavy atom. The zero-order valence-corrected chi connectivity index (χ0v) is 9.78.